The third-order valence-corrected chi connectivity index (χ3v) is 6.52. The van der Waals surface area contributed by atoms with Crippen LogP contribution in [-0.4, -0.2) is 45.5 Å². The van der Waals surface area contributed by atoms with Crippen LogP contribution < -0.4 is 4.74 Å². The highest BCUT2D eigenvalue weighted by Gasteiger charge is 2.51. The molecule has 2 aromatic rings. The molecule has 1 amide bonds. The van der Waals surface area contributed by atoms with Crippen molar-refractivity contribution in [2.45, 2.75) is 17.3 Å². The molecule has 2 aliphatic heterocycles. The molecule has 4 nitrogen and oxygen atoms in total. The van der Waals surface area contributed by atoms with Crippen molar-refractivity contribution >= 4 is 29.0 Å². The number of rotatable bonds is 3. The first kappa shape index (κ1) is 14.1. The van der Waals surface area contributed by atoms with Crippen LogP contribution in [0.2, 0.25) is 0 Å². The van der Waals surface area contributed by atoms with Crippen molar-refractivity contribution in [3.63, 3.8) is 0 Å². The highest BCUT2D eigenvalue weighted by molar-refractivity contribution is 8.01. The van der Waals surface area contributed by atoms with Crippen molar-refractivity contribution in [2.24, 2.45) is 0 Å². The summed E-state index contributed by atoms with van der Waals surface area (Å²) in [5.41, 5.74) is 0. The maximum absolute atomic E-state index is 12.3. The highest BCUT2D eigenvalue weighted by Crippen LogP contribution is 2.46. The van der Waals surface area contributed by atoms with Crippen molar-refractivity contribution in [3.8, 4) is 5.75 Å². The summed E-state index contributed by atoms with van der Waals surface area (Å²) in [7, 11) is 0. The number of carbonyl (C=O) groups excluding carboxylic acids is 1. The van der Waals surface area contributed by atoms with Crippen molar-refractivity contribution in [3.05, 3.63) is 46.9 Å². The van der Waals surface area contributed by atoms with Crippen LogP contribution in [-0.2, 0) is 0 Å². The first-order valence-electron chi connectivity index (χ1n) is 7.28. The highest BCUT2D eigenvalue weighted by atomic mass is 32.2. The van der Waals surface area contributed by atoms with E-state index in [4.69, 9.17) is 4.74 Å². The van der Waals surface area contributed by atoms with Crippen LogP contribution in [0.4, 0.5) is 0 Å². The molecule has 0 bridgehead atoms. The molecule has 114 valence electrons. The lowest BCUT2D eigenvalue weighted by Gasteiger charge is -2.47. The maximum Gasteiger partial charge on any atom is 0.264 e. The lowest BCUT2D eigenvalue weighted by Crippen LogP contribution is -2.60. The molecule has 0 saturated carbocycles. The second-order valence-electron chi connectivity index (χ2n) is 5.77. The van der Waals surface area contributed by atoms with Crippen LogP contribution in [0.5, 0.6) is 5.75 Å². The Bertz CT molecular complexity index is 654. The third kappa shape index (κ3) is 2.61. The fraction of sp³-hybridized carbons (Fsp3) is 0.375. The maximum atomic E-state index is 12.3. The number of amides is 1. The molecule has 2 fully saturated rings. The van der Waals surface area contributed by atoms with Gasteiger partial charge >= 0.3 is 0 Å². The van der Waals surface area contributed by atoms with Gasteiger partial charge in [-0.2, -0.15) is 0 Å². The Morgan fingerprint density at radius 1 is 1.36 bits per heavy atom. The minimum Gasteiger partial charge on any atom is -0.488 e. The number of pyridine rings is 1. The second-order valence-corrected chi connectivity index (χ2v) is 8.20. The van der Waals surface area contributed by atoms with Gasteiger partial charge in [0.2, 0.25) is 0 Å². The largest absolute Gasteiger partial charge is 0.488 e. The summed E-state index contributed by atoms with van der Waals surface area (Å²) >= 11 is 3.45. The molecule has 1 unspecified atom stereocenters. The molecule has 0 N–H and O–H groups in total. The zero-order chi connectivity index (χ0) is 15.0. The van der Waals surface area contributed by atoms with Crippen LogP contribution in [0, 0.1) is 0 Å². The Hall–Kier alpha value is -1.53. The van der Waals surface area contributed by atoms with Crippen molar-refractivity contribution in [1.29, 1.82) is 0 Å². The zero-order valence-corrected chi connectivity index (χ0v) is 13.6. The number of thiophene rings is 1. The summed E-state index contributed by atoms with van der Waals surface area (Å²) < 4.78 is 6.18. The normalized spacial score (nSPS) is 22.5. The first-order chi connectivity index (χ1) is 10.7. The SMILES string of the molecule is O=C(c1cccs1)N1CC2(CC(Oc3cccnc3)CS2)C1. The molecule has 0 aliphatic carbocycles. The van der Waals surface area contributed by atoms with Crippen molar-refractivity contribution in [1.82, 2.24) is 9.88 Å². The van der Waals surface area contributed by atoms with E-state index in [-0.39, 0.29) is 16.8 Å². The monoisotopic (exact) mass is 332 g/mol. The van der Waals surface area contributed by atoms with Gasteiger partial charge in [0.15, 0.2) is 0 Å². The van der Waals surface area contributed by atoms with Crippen molar-refractivity contribution in [2.75, 3.05) is 18.8 Å². The van der Waals surface area contributed by atoms with E-state index < -0.39 is 0 Å². The van der Waals surface area contributed by atoms with Crippen molar-refractivity contribution < 1.29 is 9.53 Å². The predicted octanol–water partition coefficient (Wildman–Crippen LogP) is 2.92. The summed E-state index contributed by atoms with van der Waals surface area (Å²) in [5, 5.41) is 1.95. The Labute approximate surface area is 137 Å². The van der Waals surface area contributed by atoms with Gasteiger partial charge in [0, 0.05) is 31.5 Å². The number of nitrogens with zero attached hydrogens (tertiary/aromatic N) is 2. The standard InChI is InChI=1S/C16H16N2O2S2/c19-15(14-4-2-6-21-14)18-10-16(11-18)7-13(9-22-16)20-12-3-1-5-17-8-12/h1-6,8,13H,7,9-11H2. The smallest absolute Gasteiger partial charge is 0.264 e. The van der Waals surface area contributed by atoms with Gasteiger partial charge in [-0.25, -0.2) is 0 Å². The average Bonchev–Trinajstić information content (AvgIpc) is 3.16. The molecule has 6 heteroatoms. The Balaban J connectivity index is 1.33. The number of carbonyl (C=O) groups is 1. The minimum atomic E-state index is 0.165. The van der Waals surface area contributed by atoms with Gasteiger partial charge in [-0.1, -0.05) is 6.07 Å². The molecule has 1 spiro atoms. The van der Waals surface area contributed by atoms with E-state index in [1.54, 1.807) is 12.4 Å². The van der Waals surface area contributed by atoms with E-state index in [0.717, 1.165) is 35.9 Å². The Morgan fingerprint density at radius 2 is 2.27 bits per heavy atom. The van der Waals surface area contributed by atoms with Gasteiger partial charge in [0.25, 0.3) is 5.91 Å². The molecule has 4 rings (SSSR count). The van der Waals surface area contributed by atoms with E-state index >= 15 is 0 Å². The van der Waals surface area contributed by atoms with Gasteiger partial charge in [0.1, 0.15) is 11.9 Å². The first-order valence-corrected chi connectivity index (χ1v) is 9.14. The van der Waals surface area contributed by atoms with E-state index in [9.17, 15) is 4.79 Å². The number of hydrogen-bond donors (Lipinski definition) is 0. The van der Waals surface area contributed by atoms with E-state index in [0.29, 0.717) is 0 Å². The van der Waals surface area contributed by atoms with Crippen LogP contribution in [0.25, 0.3) is 0 Å². The lowest BCUT2D eigenvalue weighted by atomic mass is 9.92. The topological polar surface area (TPSA) is 42.4 Å². The molecule has 0 radical (unpaired) electrons. The lowest BCUT2D eigenvalue weighted by molar-refractivity contribution is 0.0523. The minimum absolute atomic E-state index is 0.165. The van der Waals surface area contributed by atoms with Gasteiger partial charge in [-0.3, -0.25) is 9.78 Å². The van der Waals surface area contributed by atoms with E-state index in [1.165, 1.54) is 11.3 Å². The molecule has 1 atom stereocenters. The second kappa shape index (κ2) is 5.59. The van der Waals surface area contributed by atoms with Crippen LogP contribution in [0.1, 0.15) is 16.1 Å². The van der Waals surface area contributed by atoms with Crippen LogP contribution in [0.3, 0.4) is 0 Å². The summed E-state index contributed by atoms with van der Waals surface area (Å²) in [6.45, 7) is 1.67. The predicted molar refractivity (Wildman–Crippen MR) is 88.7 cm³/mol. The number of aromatic nitrogens is 1. The molecule has 4 heterocycles. The third-order valence-electron chi connectivity index (χ3n) is 4.09. The number of hydrogen-bond acceptors (Lipinski definition) is 5. The van der Waals surface area contributed by atoms with Gasteiger partial charge in [0.05, 0.1) is 15.8 Å². The van der Waals surface area contributed by atoms with Gasteiger partial charge < -0.3 is 9.64 Å². The summed E-state index contributed by atoms with van der Waals surface area (Å²) in [4.78, 5) is 19.1. The fourth-order valence-electron chi connectivity index (χ4n) is 3.06. The molecule has 22 heavy (non-hydrogen) atoms. The van der Waals surface area contributed by atoms with Crippen LogP contribution in [0.15, 0.2) is 42.0 Å². The summed E-state index contributed by atoms with van der Waals surface area (Å²) in [6.07, 6.45) is 4.72. The summed E-state index contributed by atoms with van der Waals surface area (Å²) in [5.74, 6) is 1.98. The molecule has 2 aromatic heterocycles. The molecular formula is C16H16N2O2S2. The fourth-order valence-corrected chi connectivity index (χ4v) is 5.27. The Morgan fingerprint density at radius 3 is 3.00 bits per heavy atom. The quantitative estimate of drug-likeness (QED) is 0.867. The van der Waals surface area contributed by atoms with Gasteiger partial charge in [-0.15, -0.1) is 23.1 Å². The molecular weight excluding hydrogens is 316 g/mol. The van der Waals surface area contributed by atoms with Crippen LogP contribution >= 0.6 is 23.1 Å². The summed E-state index contributed by atoms with van der Waals surface area (Å²) in [6, 6.07) is 7.65. The molecule has 2 saturated heterocycles. The number of likely N-dealkylation sites (tertiary alicyclic amines) is 1. The van der Waals surface area contributed by atoms with E-state index in [1.807, 2.05) is 46.3 Å². The number of thioether (sulfide) groups is 1. The molecule has 2 aliphatic rings. The van der Waals surface area contributed by atoms with Gasteiger partial charge in [-0.05, 0) is 23.6 Å². The number of ether oxygens (including phenoxy) is 1. The zero-order valence-electron chi connectivity index (χ0n) is 12.0. The molecule has 0 aromatic carbocycles. The Kier molecular flexibility index (Phi) is 3.58. The average molecular weight is 332 g/mol. The van der Waals surface area contributed by atoms with E-state index in [2.05, 4.69) is 4.98 Å².